The summed E-state index contributed by atoms with van der Waals surface area (Å²) in [5.74, 6) is -1.31. The molecule has 4 nitrogen and oxygen atoms in total. The number of carbonyl (C=O) groups is 2. The average Bonchev–Trinajstić information content (AvgIpc) is 2.91. The zero-order valence-corrected chi connectivity index (χ0v) is 13.6. The van der Waals surface area contributed by atoms with E-state index < -0.39 is 5.97 Å². The average molecular weight is 354 g/mol. The van der Waals surface area contributed by atoms with Gasteiger partial charge in [-0.3, -0.25) is 9.59 Å². The van der Waals surface area contributed by atoms with E-state index in [2.05, 4.69) is 21.2 Å². The van der Waals surface area contributed by atoms with Gasteiger partial charge in [-0.25, -0.2) is 0 Å². The van der Waals surface area contributed by atoms with Crippen LogP contribution in [0.15, 0.2) is 28.7 Å². The first kappa shape index (κ1) is 16.0. The quantitative estimate of drug-likeness (QED) is 0.854. The van der Waals surface area contributed by atoms with Gasteiger partial charge in [0.2, 0.25) is 5.91 Å². The summed E-state index contributed by atoms with van der Waals surface area (Å²) in [6.07, 6.45) is 2.52. The third kappa shape index (κ3) is 4.56. The lowest BCUT2D eigenvalue weighted by Crippen LogP contribution is -2.37. The third-order valence-electron chi connectivity index (χ3n) is 4.00. The largest absolute Gasteiger partial charge is 0.481 e. The normalized spacial score (nSPS) is 22.8. The highest BCUT2D eigenvalue weighted by Crippen LogP contribution is 2.31. The minimum absolute atomic E-state index is 0.0108. The van der Waals surface area contributed by atoms with Crippen molar-refractivity contribution in [3.63, 3.8) is 0 Å². The number of rotatable bonds is 5. The molecule has 1 aromatic carbocycles. The number of halogens is 1. The number of carboxylic acids is 1. The summed E-state index contributed by atoms with van der Waals surface area (Å²) in [4.78, 5) is 23.1. The number of nitrogens with one attached hydrogen (secondary N) is 1. The van der Waals surface area contributed by atoms with Gasteiger partial charge in [-0.15, -0.1) is 0 Å². The smallest absolute Gasteiger partial charge is 0.306 e. The maximum Gasteiger partial charge on any atom is 0.306 e. The topological polar surface area (TPSA) is 66.4 Å². The number of hydrogen-bond acceptors (Lipinski definition) is 2. The Morgan fingerprint density at radius 3 is 2.48 bits per heavy atom. The number of carboxylic acid groups (broad SMARTS) is 1. The SMILES string of the molecule is CC(Cc1ccc(Br)cc1)NC(=O)C1CCC(C(=O)O)C1. The van der Waals surface area contributed by atoms with Crippen molar-refractivity contribution < 1.29 is 14.7 Å². The highest BCUT2D eigenvalue weighted by molar-refractivity contribution is 9.10. The highest BCUT2D eigenvalue weighted by atomic mass is 79.9. The first-order chi connectivity index (χ1) is 9.95. The second kappa shape index (κ2) is 7.07. The first-order valence-corrected chi connectivity index (χ1v) is 8.02. The second-order valence-corrected chi connectivity index (χ2v) is 6.70. The summed E-state index contributed by atoms with van der Waals surface area (Å²) in [6.45, 7) is 1.98. The first-order valence-electron chi connectivity index (χ1n) is 7.23. The van der Waals surface area contributed by atoms with Crippen molar-refractivity contribution in [1.29, 1.82) is 0 Å². The van der Waals surface area contributed by atoms with E-state index in [1.54, 1.807) is 0 Å². The van der Waals surface area contributed by atoms with Crippen molar-refractivity contribution in [2.45, 2.75) is 38.6 Å². The van der Waals surface area contributed by atoms with Crippen LogP contribution in [0.4, 0.5) is 0 Å². The van der Waals surface area contributed by atoms with Crippen molar-refractivity contribution in [3.05, 3.63) is 34.3 Å². The molecule has 1 amide bonds. The van der Waals surface area contributed by atoms with E-state index in [4.69, 9.17) is 5.11 Å². The van der Waals surface area contributed by atoms with Crippen LogP contribution >= 0.6 is 15.9 Å². The Bertz CT molecular complexity index is 515. The standard InChI is InChI=1S/C16H20BrNO3/c1-10(8-11-2-6-14(17)7-3-11)18-15(19)12-4-5-13(9-12)16(20)21/h2-3,6-7,10,12-13H,4-5,8-9H2,1H3,(H,18,19)(H,20,21). The fourth-order valence-electron chi connectivity index (χ4n) is 2.83. The van der Waals surface area contributed by atoms with Gasteiger partial charge in [0, 0.05) is 16.4 Å². The molecule has 114 valence electrons. The van der Waals surface area contributed by atoms with Gasteiger partial charge < -0.3 is 10.4 Å². The van der Waals surface area contributed by atoms with Crippen molar-refractivity contribution in [2.75, 3.05) is 0 Å². The summed E-state index contributed by atoms with van der Waals surface area (Å²) in [5, 5.41) is 12.0. The fourth-order valence-corrected chi connectivity index (χ4v) is 3.09. The van der Waals surface area contributed by atoms with Crippen LogP contribution in [-0.2, 0) is 16.0 Å². The van der Waals surface area contributed by atoms with Crippen LogP contribution in [0.5, 0.6) is 0 Å². The Morgan fingerprint density at radius 2 is 1.90 bits per heavy atom. The fraction of sp³-hybridized carbons (Fsp3) is 0.500. The van der Waals surface area contributed by atoms with Gasteiger partial charge in [-0.05, 0) is 50.3 Å². The maximum absolute atomic E-state index is 12.2. The van der Waals surface area contributed by atoms with E-state index >= 15 is 0 Å². The number of benzene rings is 1. The molecular formula is C16H20BrNO3. The molecule has 0 heterocycles. The Balaban J connectivity index is 1.82. The summed E-state index contributed by atoms with van der Waals surface area (Å²) in [5.41, 5.74) is 1.17. The van der Waals surface area contributed by atoms with Gasteiger partial charge in [-0.1, -0.05) is 28.1 Å². The molecule has 1 saturated carbocycles. The minimum atomic E-state index is -0.784. The Labute approximate surface area is 133 Å². The summed E-state index contributed by atoms with van der Waals surface area (Å²) in [7, 11) is 0. The third-order valence-corrected chi connectivity index (χ3v) is 4.53. The highest BCUT2D eigenvalue weighted by Gasteiger charge is 2.34. The maximum atomic E-state index is 12.2. The van der Waals surface area contributed by atoms with Gasteiger partial charge in [0.25, 0.3) is 0 Å². The molecule has 3 unspecified atom stereocenters. The summed E-state index contributed by atoms with van der Waals surface area (Å²) < 4.78 is 1.04. The molecule has 21 heavy (non-hydrogen) atoms. The van der Waals surface area contributed by atoms with Crippen molar-refractivity contribution in [2.24, 2.45) is 11.8 Å². The van der Waals surface area contributed by atoms with Gasteiger partial charge in [0.05, 0.1) is 5.92 Å². The van der Waals surface area contributed by atoms with Gasteiger partial charge in [0.15, 0.2) is 0 Å². The molecule has 0 saturated heterocycles. The van der Waals surface area contributed by atoms with E-state index in [1.807, 2.05) is 31.2 Å². The zero-order valence-electron chi connectivity index (χ0n) is 12.0. The van der Waals surface area contributed by atoms with Crippen molar-refractivity contribution in [3.8, 4) is 0 Å². The molecule has 0 bridgehead atoms. The van der Waals surface area contributed by atoms with Crippen molar-refractivity contribution >= 4 is 27.8 Å². The van der Waals surface area contributed by atoms with Crippen LogP contribution in [0.3, 0.4) is 0 Å². The lowest BCUT2D eigenvalue weighted by molar-refractivity contribution is -0.141. The van der Waals surface area contributed by atoms with E-state index in [1.165, 1.54) is 5.56 Å². The molecule has 1 aromatic rings. The predicted molar refractivity (Wildman–Crippen MR) is 83.9 cm³/mol. The Morgan fingerprint density at radius 1 is 1.29 bits per heavy atom. The molecule has 3 atom stereocenters. The molecule has 2 rings (SSSR count). The second-order valence-electron chi connectivity index (χ2n) is 5.79. The Kier molecular flexibility index (Phi) is 5.39. The van der Waals surface area contributed by atoms with E-state index in [0.717, 1.165) is 10.9 Å². The predicted octanol–water partition coefficient (Wildman–Crippen LogP) is 3.00. The summed E-state index contributed by atoms with van der Waals surface area (Å²) >= 11 is 3.40. The molecule has 0 aliphatic heterocycles. The van der Waals surface area contributed by atoms with Gasteiger partial charge >= 0.3 is 5.97 Å². The van der Waals surface area contributed by atoms with Crippen LogP contribution in [0.1, 0.15) is 31.7 Å². The van der Waals surface area contributed by atoms with Gasteiger partial charge in [-0.2, -0.15) is 0 Å². The molecule has 1 aliphatic carbocycles. The lowest BCUT2D eigenvalue weighted by Gasteiger charge is -2.17. The Hall–Kier alpha value is -1.36. The molecule has 1 fully saturated rings. The molecule has 0 spiro atoms. The van der Waals surface area contributed by atoms with Crippen LogP contribution in [0, 0.1) is 11.8 Å². The summed E-state index contributed by atoms with van der Waals surface area (Å²) in [6, 6.07) is 8.07. The number of amides is 1. The van der Waals surface area contributed by atoms with E-state index in [-0.39, 0.29) is 23.8 Å². The monoisotopic (exact) mass is 353 g/mol. The van der Waals surface area contributed by atoms with Crippen LogP contribution in [0.2, 0.25) is 0 Å². The minimum Gasteiger partial charge on any atom is -0.481 e. The molecule has 0 radical (unpaired) electrons. The molecular weight excluding hydrogens is 334 g/mol. The lowest BCUT2D eigenvalue weighted by atomic mass is 10.0. The van der Waals surface area contributed by atoms with E-state index in [0.29, 0.717) is 19.3 Å². The van der Waals surface area contributed by atoms with Crippen molar-refractivity contribution in [1.82, 2.24) is 5.32 Å². The van der Waals surface area contributed by atoms with Crippen LogP contribution in [0.25, 0.3) is 0 Å². The van der Waals surface area contributed by atoms with Crippen LogP contribution < -0.4 is 5.32 Å². The number of aliphatic carboxylic acids is 1. The van der Waals surface area contributed by atoms with Gasteiger partial charge in [0.1, 0.15) is 0 Å². The number of hydrogen-bond donors (Lipinski definition) is 2. The molecule has 2 N–H and O–H groups in total. The van der Waals surface area contributed by atoms with E-state index in [9.17, 15) is 9.59 Å². The molecule has 1 aliphatic rings. The van der Waals surface area contributed by atoms with Crippen LogP contribution in [-0.4, -0.2) is 23.0 Å². The zero-order chi connectivity index (χ0) is 15.4. The molecule has 5 heteroatoms. The molecule has 0 aromatic heterocycles. The number of carbonyl (C=O) groups excluding carboxylic acids is 1.